The van der Waals surface area contributed by atoms with Gasteiger partial charge < -0.3 is 24.3 Å². The minimum Gasteiger partial charge on any atom is -0.494 e. The van der Waals surface area contributed by atoms with Gasteiger partial charge in [-0.15, -0.1) is 0 Å². The van der Waals surface area contributed by atoms with Crippen molar-refractivity contribution in [3.63, 3.8) is 0 Å². The zero-order valence-corrected chi connectivity index (χ0v) is 17.0. The highest BCUT2D eigenvalue weighted by atomic mass is 16.5. The Balaban J connectivity index is 1.46. The largest absolute Gasteiger partial charge is 0.494 e. The molecule has 1 N–H and O–H groups in total. The van der Waals surface area contributed by atoms with E-state index < -0.39 is 18.2 Å². The molecule has 3 aliphatic heterocycles. The first-order valence-corrected chi connectivity index (χ1v) is 10.1. The van der Waals surface area contributed by atoms with Crippen molar-refractivity contribution in [2.24, 2.45) is 4.99 Å². The van der Waals surface area contributed by atoms with E-state index in [0.717, 1.165) is 44.3 Å². The number of nitrogens with one attached hydrogen (secondary N) is 1. The summed E-state index contributed by atoms with van der Waals surface area (Å²) < 4.78 is 5.81. The van der Waals surface area contributed by atoms with E-state index in [-0.39, 0.29) is 5.91 Å². The number of urea groups is 1. The highest BCUT2D eigenvalue weighted by Crippen LogP contribution is 2.26. The number of rotatable bonds is 5. The van der Waals surface area contributed by atoms with Crippen LogP contribution in [0.4, 0.5) is 4.79 Å². The third kappa shape index (κ3) is 4.00. The lowest BCUT2D eigenvalue weighted by Crippen LogP contribution is -2.64. The van der Waals surface area contributed by atoms with Crippen LogP contribution in [0.15, 0.2) is 35.3 Å². The molecule has 2 fully saturated rings. The van der Waals surface area contributed by atoms with Crippen molar-refractivity contribution in [3.05, 3.63) is 30.3 Å². The van der Waals surface area contributed by atoms with Gasteiger partial charge in [-0.05, 0) is 25.6 Å². The molecule has 3 amide bonds. The summed E-state index contributed by atoms with van der Waals surface area (Å²) in [6.45, 7) is 4.77. The molecule has 2 saturated heterocycles. The number of amides is 3. The molecular weight excluding hydrogens is 372 g/mol. The van der Waals surface area contributed by atoms with Crippen LogP contribution < -0.4 is 10.1 Å². The Hall–Kier alpha value is -2.81. The topological polar surface area (TPSA) is 80.7 Å². The van der Waals surface area contributed by atoms with Gasteiger partial charge in [0.25, 0.3) is 5.91 Å². The third-order valence-electron chi connectivity index (χ3n) is 5.68. The van der Waals surface area contributed by atoms with E-state index in [2.05, 4.69) is 22.2 Å². The van der Waals surface area contributed by atoms with Gasteiger partial charge >= 0.3 is 6.03 Å². The molecule has 0 bridgehead atoms. The van der Waals surface area contributed by atoms with Crippen molar-refractivity contribution in [3.8, 4) is 5.75 Å². The molecule has 156 valence electrons. The van der Waals surface area contributed by atoms with E-state index in [0.29, 0.717) is 13.2 Å². The van der Waals surface area contributed by atoms with Gasteiger partial charge in [0.2, 0.25) is 0 Å². The van der Waals surface area contributed by atoms with Crippen LogP contribution in [0.2, 0.25) is 0 Å². The molecule has 1 aromatic rings. The van der Waals surface area contributed by atoms with Crippen molar-refractivity contribution in [1.29, 1.82) is 0 Å². The summed E-state index contributed by atoms with van der Waals surface area (Å²) in [5.74, 6) is 1.36. The van der Waals surface area contributed by atoms with Crippen LogP contribution in [0.3, 0.4) is 0 Å². The summed E-state index contributed by atoms with van der Waals surface area (Å²) in [6.07, 6.45) is 0.261. The summed E-state index contributed by atoms with van der Waals surface area (Å²) >= 11 is 0. The standard InChI is InChI=1S/C20H28N6O3/c1-23-10-12-25(13-11-23)19-21-17-16(18(27)22-20(28)24(17)2)26(19)9-6-14-29-15-7-4-3-5-8-15/h3-5,7-8,16-17H,6,9-14H2,1-2H3,(H,22,27,28). The van der Waals surface area contributed by atoms with Crippen molar-refractivity contribution < 1.29 is 14.3 Å². The predicted molar refractivity (Wildman–Crippen MR) is 109 cm³/mol. The average molecular weight is 400 g/mol. The van der Waals surface area contributed by atoms with Gasteiger partial charge in [0.15, 0.2) is 18.2 Å². The minimum absolute atomic E-state index is 0.282. The van der Waals surface area contributed by atoms with Gasteiger partial charge in [-0.25, -0.2) is 9.79 Å². The normalized spacial score (nSPS) is 25.0. The van der Waals surface area contributed by atoms with E-state index in [1.807, 2.05) is 35.2 Å². The lowest BCUT2D eigenvalue weighted by Gasteiger charge is -2.39. The number of hydrogen-bond acceptors (Lipinski definition) is 7. The van der Waals surface area contributed by atoms with Gasteiger partial charge in [-0.2, -0.15) is 0 Å². The van der Waals surface area contributed by atoms with E-state index in [4.69, 9.17) is 9.73 Å². The maximum atomic E-state index is 12.6. The number of hydrogen-bond donors (Lipinski definition) is 1. The Morgan fingerprint density at radius 3 is 2.55 bits per heavy atom. The molecule has 9 nitrogen and oxygen atoms in total. The highest BCUT2D eigenvalue weighted by Gasteiger charge is 2.49. The smallest absolute Gasteiger partial charge is 0.325 e. The van der Waals surface area contributed by atoms with Crippen molar-refractivity contribution >= 4 is 17.9 Å². The number of ether oxygens (including phenoxy) is 1. The summed E-state index contributed by atoms with van der Waals surface area (Å²) in [5.41, 5.74) is 0. The lowest BCUT2D eigenvalue weighted by atomic mass is 10.1. The van der Waals surface area contributed by atoms with Crippen LogP contribution in [0.5, 0.6) is 5.75 Å². The molecule has 0 spiro atoms. The summed E-state index contributed by atoms with van der Waals surface area (Å²) in [4.78, 5) is 37.6. The maximum Gasteiger partial charge on any atom is 0.325 e. The number of fused-ring (bicyclic) bond motifs is 1. The number of aliphatic imine (C=N–C) groups is 1. The second-order valence-corrected chi connectivity index (χ2v) is 7.69. The molecule has 0 aromatic heterocycles. The Kier molecular flexibility index (Phi) is 5.57. The third-order valence-corrected chi connectivity index (χ3v) is 5.68. The molecule has 2 atom stereocenters. The summed E-state index contributed by atoms with van der Waals surface area (Å²) in [5, 5.41) is 2.45. The Morgan fingerprint density at radius 2 is 1.83 bits per heavy atom. The van der Waals surface area contributed by atoms with Gasteiger partial charge in [-0.1, -0.05) is 18.2 Å². The fourth-order valence-corrected chi connectivity index (χ4v) is 3.96. The molecule has 4 rings (SSSR count). The first-order valence-electron chi connectivity index (χ1n) is 10.1. The Bertz CT molecular complexity index is 778. The molecule has 1 aromatic carbocycles. The Morgan fingerprint density at radius 1 is 1.10 bits per heavy atom. The van der Waals surface area contributed by atoms with Crippen LogP contribution in [0.25, 0.3) is 0 Å². The number of imide groups is 1. The fourth-order valence-electron chi connectivity index (χ4n) is 3.96. The first kappa shape index (κ1) is 19.5. The molecule has 0 radical (unpaired) electrons. The van der Waals surface area contributed by atoms with Gasteiger partial charge in [0, 0.05) is 39.8 Å². The number of benzene rings is 1. The highest BCUT2D eigenvalue weighted by molar-refractivity contribution is 6.03. The van der Waals surface area contributed by atoms with Crippen LogP contribution in [-0.4, -0.2) is 103 Å². The number of carbonyl (C=O) groups is 2. The van der Waals surface area contributed by atoms with Crippen LogP contribution in [0, 0.1) is 0 Å². The SMILES string of the molecule is CN1CCN(C2=NC3C(C(=O)NC(=O)N3C)N2CCCOc2ccccc2)CC1. The van der Waals surface area contributed by atoms with Crippen molar-refractivity contribution in [2.75, 3.05) is 53.4 Å². The molecule has 29 heavy (non-hydrogen) atoms. The molecule has 9 heteroatoms. The average Bonchev–Trinajstić information content (AvgIpc) is 3.11. The monoisotopic (exact) mass is 400 g/mol. The zero-order chi connectivity index (χ0) is 20.4. The van der Waals surface area contributed by atoms with Gasteiger partial charge in [-0.3, -0.25) is 10.1 Å². The van der Waals surface area contributed by atoms with E-state index >= 15 is 0 Å². The van der Waals surface area contributed by atoms with E-state index in [1.165, 1.54) is 4.90 Å². The Labute approximate surface area is 170 Å². The van der Waals surface area contributed by atoms with Crippen molar-refractivity contribution in [2.45, 2.75) is 18.6 Å². The van der Waals surface area contributed by atoms with Crippen LogP contribution in [0.1, 0.15) is 6.42 Å². The number of carbonyl (C=O) groups excluding carboxylic acids is 2. The summed E-state index contributed by atoms with van der Waals surface area (Å²) in [6, 6.07) is 8.80. The van der Waals surface area contributed by atoms with Crippen molar-refractivity contribution in [1.82, 2.24) is 24.9 Å². The molecule has 3 aliphatic rings. The van der Waals surface area contributed by atoms with Crippen LogP contribution >= 0.6 is 0 Å². The summed E-state index contributed by atoms with van der Waals surface area (Å²) in [7, 11) is 3.79. The number of para-hydroxylation sites is 1. The molecule has 3 heterocycles. The quantitative estimate of drug-likeness (QED) is 0.714. The predicted octanol–water partition coefficient (Wildman–Crippen LogP) is 0.251. The number of nitrogens with zero attached hydrogens (tertiary/aromatic N) is 5. The lowest BCUT2D eigenvalue weighted by molar-refractivity contribution is -0.127. The maximum absolute atomic E-state index is 12.6. The van der Waals surface area contributed by atoms with Gasteiger partial charge in [0.1, 0.15) is 5.75 Å². The van der Waals surface area contributed by atoms with E-state index in [9.17, 15) is 9.59 Å². The zero-order valence-electron chi connectivity index (χ0n) is 17.0. The number of piperazine rings is 1. The number of guanidine groups is 1. The fraction of sp³-hybridized carbons (Fsp3) is 0.550. The minimum atomic E-state index is -0.496. The van der Waals surface area contributed by atoms with Crippen LogP contribution in [-0.2, 0) is 4.79 Å². The molecule has 2 unspecified atom stereocenters. The second-order valence-electron chi connectivity index (χ2n) is 7.69. The molecular formula is C20H28N6O3. The second kappa shape index (κ2) is 8.28. The number of likely N-dealkylation sites (N-methyl/N-ethyl adjacent to an activating group) is 2. The van der Waals surface area contributed by atoms with E-state index in [1.54, 1.807) is 7.05 Å². The van der Waals surface area contributed by atoms with Gasteiger partial charge in [0.05, 0.1) is 6.61 Å². The first-order chi connectivity index (χ1) is 14.0. The molecule has 0 aliphatic carbocycles. The molecule has 0 saturated carbocycles.